The number of aromatic nitrogens is 1. The second kappa shape index (κ2) is 13.9. The van der Waals surface area contributed by atoms with Crippen LogP contribution in [-0.4, -0.2) is 49.1 Å². The summed E-state index contributed by atoms with van der Waals surface area (Å²) in [5.41, 5.74) is 0.207. The number of nitrogens with zero attached hydrogens (tertiary/aromatic N) is 1. The van der Waals surface area contributed by atoms with Crippen molar-refractivity contribution in [2.75, 3.05) is 5.32 Å². The van der Waals surface area contributed by atoms with Crippen molar-refractivity contribution in [3.63, 3.8) is 0 Å². The summed E-state index contributed by atoms with van der Waals surface area (Å²) < 4.78 is 35.1. The van der Waals surface area contributed by atoms with Crippen LogP contribution < -0.4 is 20.7 Å². The van der Waals surface area contributed by atoms with Crippen LogP contribution in [0.2, 0.25) is 0 Å². The molecule has 1 fully saturated rings. The first-order valence-electron chi connectivity index (χ1n) is 14.5. The lowest BCUT2D eigenvalue weighted by atomic mass is 9.86. The van der Waals surface area contributed by atoms with Gasteiger partial charge < -0.3 is 15.4 Å². The van der Waals surface area contributed by atoms with E-state index in [-0.39, 0.29) is 28.6 Å². The van der Waals surface area contributed by atoms with Crippen molar-refractivity contribution in [1.82, 2.24) is 20.3 Å². The molecule has 0 unspecified atom stereocenters. The summed E-state index contributed by atoms with van der Waals surface area (Å²) in [5.74, 6) is -0.396. The zero-order valence-corrected chi connectivity index (χ0v) is 27.1. The quantitative estimate of drug-likeness (QED) is 0.235. The average molecular weight is 642 g/mol. The monoisotopic (exact) mass is 641 g/mol. The molecule has 1 aromatic heterocycles. The van der Waals surface area contributed by atoms with Gasteiger partial charge in [-0.2, -0.15) is 0 Å². The van der Waals surface area contributed by atoms with Crippen LogP contribution in [0.25, 0.3) is 10.4 Å². The Morgan fingerprint density at radius 2 is 1.68 bits per heavy atom. The van der Waals surface area contributed by atoms with Crippen molar-refractivity contribution in [3.8, 4) is 10.4 Å². The Kier molecular flexibility index (Phi) is 10.4. The third-order valence-corrected chi connectivity index (χ3v) is 9.75. The van der Waals surface area contributed by atoms with E-state index in [9.17, 15) is 22.8 Å². The Balaban J connectivity index is 1.52. The van der Waals surface area contributed by atoms with Gasteiger partial charge in [-0.25, -0.2) is 27.7 Å². The second-order valence-electron chi connectivity index (χ2n) is 12.1. The molecular formula is C31H39N5O6S2. The van der Waals surface area contributed by atoms with Gasteiger partial charge >= 0.3 is 12.1 Å². The summed E-state index contributed by atoms with van der Waals surface area (Å²) >= 11 is 1.43. The molecule has 1 heterocycles. The number of carbonyl (C=O) groups is 3. The number of alkyl carbamates (subject to hydrolysis) is 1. The fraction of sp³-hybridized carbons (Fsp3) is 0.419. The molecule has 0 radical (unpaired) electrons. The molecule has 0 saturated heterocycles. The number of nitrogens with one attached hydrogen (secondary N) is 4. The van der Waals surface area contributed by atoms with Crippen LogP contribution >= 0.6 is 11.3 Å². The molecule has 0 spiro atoms. The highest BCUT2D eigenvalue weighted by Gasteiger charge is 2.29. The first kappa shape index (κ1) is 33.1. The van der Waals surface area contributed by atoms with Gasteiger partial charge in [0.25, 0.3) is 5.91 Å². The molecule has 11 nitrogen and oxygen atoms in total. The van der Waals surface area contributed by atoms with Gasteiger partial charge in [0.05, 0.1) is 20.9 Å². The van der Waals surface area contributed by atoms with Crippen LogP contribution in [-0.2, 0) is 14.8 Å². The lowest BCUT2D eigenvalue weighted by molar-refractivity contribution is 0.0966. The highest BCUT2D eigenvalue weighted by molar-refractivity contribution is 7.89. The van der Waals surface area contributed by atoms with Crippen molar-refractivity contribution in [2.45, 2.75) is 88.8 Å². The average Bonchev–Trinajstić information content (AvgIpc) is 3.42. The van der Waals surface area contributed by atoms with Gasteiger partial charge in [-0.15, -0.1) is 11.3 Å². The molecule has 4 amide bonds. The van der Waals surface area contributed by atoms with Crippen molar-refractivity contribution >= 4 is 45.1 Å². The first-order valence-corrected chi connectivity index (χ1v) is 16.8. The second-order valence-corrected chi connectivity index (χ2v) is 14.8. The van der Waals surface area contributed by atoms with Gasteiger partial charge in [0.2, 0.25) is 10.0 Å². The number of amides is 4. The summed E-state index contributed by atoms with van der Waals surface area (Å²) in [7, 11) is -4.03. The van der Waals surface area contributed by atoms with Gasteiger partial charge in [0, 0.05) is 40.5 Å². The topological polar surface area (TPSA) is 156 Å². The maximum atomic E-state index is 13.6. The van der Waals surface area contributed by atoms with E-state index in [1.807, 2.05) is 13.8 Å². The molecule has 3 aromatic rings. The highest BCUT2D eigenvalue weighted by atomic mass is 32.2. The largest absolute Gasteiger partial charge is 0.447 e. The summed E-state index contributed by atoms with van der Waals surface area (Å²) in [6.45, 7) is 8.85. The van der Waals surface area contributed by atoms with E-state index in [1.54, 1.807) is 69.4 Å². The van der Waals surface area contributed by atoms with Crippen LogP contribution in [0.4, 0.5) is 15.3 Å². The summed E-state index contributed by atoms with van der Waals surface area (Å²) in [6, 6.07) is 12.1. The number of hydrogen-bond acceptors (Lipinski definition) is 8. The number of ether oxygens (including phenoxy) is 1. The van der Waals surface area contributed by atoms with Gasteiger partial charge in [-0.1, -0.05) is 24.3 Å². The van der Waals surface area contributed by atoms with E-state index in [1.165, 1.54) is 17.4 Å². The summed E-state index contributed by atoms with van der Waals surface area (Å²) in [6.07, 6.45) is 4.32. The predicted molar refractivity (Wildman–Crippen MR) is 170 cm³/mol. The van der Waals surface area contributed by atoms with Gasteiger partial charge in [0.1, 0.15) is 0 Å². The van der Waals surface area contributed by atoms with Crippen LogP contribution in [0.5, 0.6) is 0 Å². The Hall–Kier alpha value is -3.81. The number of hydrogen-bond donors (Lipinski definition) is 4. The van der Waals surface area contributed by atoms with E-state index >= 15 is 0 Å². The minimum atomic E-state index is -4.03. The van der Waals surface area contributed by atoms with Crippen LogP contribution in [0.1, 0.15) is 81.6 Å². The molecule has 1 saturated carbocycles. The smallest absolute Gasteiger partial charge is 0.407 e. The predicted octanol–water partition coefficient (Wildman–Crippen LogP) is 6.01. The molecule has 1 aliphatic carbocycles. The SMILES string of the molecule is CC(C)OC(=O)NC1CCC(c2ncc(-c3ccc(NC(=O)NC(=O)c4ccccc4)cc3S(=O)(=O)NC(C)(C)C)s2)CC1. The number of sulfonamides is 1. The Morgan fingerprint density at radius 1 is 1.00 bits per heavy atom. The molecule has 4 rings (SSSR count). The minimum Gasteiger partial charge on any atom is -0.447 e. The molecule has 1 aliphatic rings. The molecular weight excluding hydrogens is 603 g/mol. The normalized spacial score (nSPS) is 17.1. The Bertz CT molecular complexity index is 1590. The molecule has 13 heteroatoms. The minimum absolute atomic E-state index is 0.0219. The third-order valence-electron chi connectivity index (χ3n) is 6.76. The van der Waals surface area contributed by atoms with Crippen molar-refractivity contribution in [3.05, 3.63) is 65.3 Å². The van der Waals surface area contributed by atoms with Gasteiger partial charge in [-0.3, -0.25) is 10.1 Å². The Morgan fingerprint density at radius 3 is 2.32 bits per heavy atom. The molecule has 2 aromatic carbocycles. The maximum Gasteiger partial charge on any atom is 0.407 e. The van der Waals surface area contributed by atoms with Crippen LogP contribution in [0.15, 0.2) is 59.6 Å². The third kappa shape index (κ3) is 9.10. The lowest BCUT2D eigenvalue weighted by Crippen LogP contribution is -2.40. The van der Waals surface area contributed by atoms with Gasteiger partial charge in [-0.05, 0) is 84.6 Å². The number of carbonyl (C=O) groups excluding carboxylic acids is 3. The van der Waals surface area contributed by atoms with E-state index in [0.717, 1.165) is 30.7 Å². The van der Waals surface area contributed by atoms with E-state index in [2.05, 4.69) is 25.7 Å². The zero-order valence-electron chi connectivity index (χ0n) is 25.5. The standard InChI is InChI=1S/C31H39N5O6S2/c1-19(2)42-30(39)34-22-13-11-21(12-14-22)28-32-18-25(43-28)24-16-15-23(17-26(24)44(40,41)36-31(3,4)5)33-29(38)35-27(37)20-9-7-6-8-10-20/h6-10,15-19,21-22,36H,11-14H2,1-5H3,(H,34,39)(H2,33,35,37,38). The Labute approximate surface area is 262 Å². The summed E-state index contributed by atoms with van der Waals surface area (Å²) in [5, 5.41) is 8.65. The molecule has 0 atom stereocenters. The summed E-state index contributed by atoms with van der Waals surface area (Å²) in [4.78, 5) is 42.3. The van der Waals surface area contributed by atoms with Crippen molar-refractivity contribution in [2.24, 2.45) is 0 Å². The van der Waals surface area contributed by atoms with E-state index in [4.69, 9.17) is 4.74 Å². The molecule has 0 aliphatic heterocycles. The number of benzene rings is 2. The lowest BCUT2D eigenvalue weighted by Gasteiger charge is -2.28. The van der Waals surface area contributed by atoms with E-state index in [0.29, 0.717) is 16.0 Å². The number of anilines is 1. The van der Waals surface area contributed by atoms with Crippen LogP contribution in [0.3, 0.4) is 0 Å². The number of urea groups is 1. The number of thiazole rings is 1. The maximum absolute atomic E-state index is 13.6. The van der Waals surface area contributed by atoms with Crippen molar-refractivity contribution < 1.29 is 27.5 Å². The van der Waals surface area contributed by atoms with E-state index < -0.39 is 33.6 Å². The fourth-order valence-electron chi connectivity index (χ4n) is 4.91. The number of rotatable bonds is 8. The molecule has 44 heavy (non-hydrogen) atoms. The highest BCUT2D eigenvalue weighted by Crippen LogP contribution is 2.40. The molecule has 236 valence electrons. The number of imide groups is 1. The van der Waals surface area contributed by atoms with Gasteiger partial charge in [0.15, 0.2) is 0 Å². The zero-order chi connectivity index (χ0) is 32.1. The van der Waals surface area contributed by atoms with Crippen molar-refractivity contribution in [1.29, 1.82) is 0 Å². The first-order chi connectivity index (χ1) is 20.7. The molecule has 0 bridgehead atoms. The van der Waals surface area contributed by atoms with Crippen LogP contribution in [0, 0.1) is 0 Å². The molecule has 4 N–H and O–H groups in total. The fourth-order valence-corrected chi connectivity index (χ4v) is 7.77.